The SMILES string of the molecule is CS(=O)(=O)C(=Cc1ccccc1N)S(C)(=O)=O. The third-order valence-corrected chi connectivity index (χ3v) is 5.51. The molecular weight excluding hydrogens is 262 g/mol. The van der Waals surface area contributed by atoms with Crippen molar-refractivity contribution in [3.05, 3.63) is 34.1 Å². The van der Waals surface area contributed by atoms with E-state index in [-0.39, 0.29) is 0 Å². The van der Waals surface area contributed by atoms with Crippen LogP contribution >= 0.6 is 0 Å². The van der Waals surface area contributed by atoms with Crippen LogP contribution in [0.4, 0.5) is 5.69 Å². The maximum atomic E-state index is 11.4. The van der Waals surface area contributed by atoms with Crippen LogP contribution in [0.2, 0.25) is 0 Å². The fourth-order valence-corrected chi connectivity index (χ4v) is 4.14. The van der Waals surface area contributed by atoms with Crippen LogP contribution in [-0.4, -0.2) is 29.3 Å². The van der Waals surface area contributed by atoms with Gasteiger partial charge >= 0.3 is 0 Å². The number of anilines is 1. The summed E-state index contributed by atoms with van der Waals surface area (Å²) in [6.07, 6.45) is 2.76. The van der Waals surface area contributed by atoms with Gasteiger partial charge in [0.15, 0.2) is 23.9 Å². The van der Waals surface area contributed by atoms with Crippen molar-refractivity contribution >= 4 is 31.4 Å². The number of hydrogen-bond acceptors (Lipinski definition) is 5. The van der Waals surface area contributed by atoms with Gasteiger partial charge < -0.3 is 5.73 Å². The average Bonchev–Trinajstić information content (AvgIpc) is 2.12. The first kappa shape index (κ1) is 13.7. The molecule has 1 aromatic carbocycles. The van der Waals surface area contributed by atoms with E-state index in [1.807, 2.05) is 0 Å². The van der Waals surface area contributed by atoms with E-state index >= 15 is 0 Å². The first-order chi connectivity index (χ1) is 7.62. The number of nitrogens with two attached hydrogens (primary N) is 1. The predicted molar refractivity (Wildman–Crippen MR) is 68.5 cm³/mol. The summed E-state index contributed by atoms with van der Waals surface area (Å²) in [4.78, 5) is 0. The lowest BCUT2D eigenvalue weighted by atomic mass is 10.2. The van der Waals surface area contributed by atoms with E-state index < -0.39 is 23.9 Å². The Bertz CT molecular complexity index is 623. The first-order valence-electron chi connectivity index (χ1n) is 4.58. The Balaban J connectivity index is 3.52. The van der Waals surface area contributed by atoms with Gasteiger partial charge in [0, 0.05) is 18.2 Å². The summed E-state index contributed by atoms with van der Waals surface area (Å²) in [6.45, 7) is 0. The summed E-state index contributed by atoms with van der Waals surface area (Å²) < 4.78 is 45.0. The van der Waals surface area contributed by atoms with Gasteiger partial charge in [-0.3, -0.25) is 0 Å². The zero-order chi connectivity index (χ0) is 13.3. The molecule has 0 unspecified atom stereocenters. The summed E-state index contributed by atoms with van der Waals surface area (Å²) in [5.74, 6) is 0. The first-order valence-corrected chi connectivity index (χ1v) is 8.37. The Morgan fingerprint density at radius 3 is 1.94 bits per heavy atom. The van der Waals surface area contributed by atoms with Crippen molar-refractivity contribution in [3.8, 4) is 0 Å². The molecule has 0 bridgehead atoms. The molecule has 0 fully saturated rings. The molecule has 0 atom stereocenters. The largest absolute Gasteiger partial charge is 0.398 e. The molecule has 2 N–H and O–H groups in total. The highest BCUT2D eigenvalue weighted by molar-refractivity contribution is 8.14. The predicted octanol–water partition coefficient (Wildman–Crippen LogP) is 0.656. The van der Waals surface area contributed by atoms with E-state index in [2.05, 4.69) is 0 Å². The Morgan fingerprint density at radius 2 is 1.53 bits per heavy atom. The van der Waals surface area contributed by atoms with E-state index in [0.29, 0.717) is 11.3 Å². The highest BCUT2D eigenvalue weighted by Crippen LogP contribution is 2.20. The number of rotatable bonds is 3. The zero-order valence-corrected chi connectivity index (χ0v) is 11.0. The normalized spacial score (nSPS) is 12.1. The molecule has 0 radical (unpaired) electrons. The summed E-state index contributed by atoms with van der Waals surface area (Å²) >= 11 is 0. The molecule has 0 saturated carbocycles. The highest BCUT2D eigenvalue weighted by Gasteiger charge is 2.22. The van der Waals surface area contributed by atoms with Gasteiger partial charge in [0.2, 0.25) is 0 Å². The minimum absolute atomic E-state index is 0.317. The molecule has 0 heterocycles. The summed E-state index contributed by atoms with van der Waals surface area (Å²) in [6, 6.07) is 6.43. The molecule has 0 aliphatic rings. The maximum absolute atomic E-state index is 11.4. The van der Waals surface area contributed by atoms with E-state index in [0.717, 1.165) is 18.6 Å². The van der Waals surface area contributed by atoms with E-state index in [9.17, 15) is 16.8 Å². The minimum atomic E-state index is -3.82. The van der Waals surface area contributed by atoms with Gasteiger partial charge in [-0.15, -0.1) is 0 Å². The van der Waals surface area contributed by atoms with Crippen molar-refractivity contribution in [1.29, 1.82) is 0 Å². The maximum Gasteiger partial charge on any atom is 0.186 e. The number of hydrogen-bond donors (Lipinski definition) is 1. The van der Waals surface area contributed by atoms with Crippen molar-refractivity contribution in [2.75, 3.05) is 18.2 Å². The van der Waals surface area contributed by atoms with Gasteiger partial charge in [-0.2, -0.15) is 0 Å². The van der Waals surface area contributed by atoms with Crippen LogP contribution in [0.15, 0.2) is 28.5 Å². The van der Waals surface area contributed by atoms with Crippen LogP contribution in [0.5, 0.6) is 0 Å². The van der Waals surface area contributed by atoms with Gasteiger partial charge in [-0.25, -0.2) is 16.8 Å². The Morgan fingerprint density at radius 1 is 1.06 bits per heavy atom. The highest BCUT2D eigenvalue weighted by atomic mass is 32.3. The van der Waals surface area contributed by atoms with Gasteiger partial charge in [0.25, 0.3) is 0 Å². The van der Waals surface area contributed by atoms with Crippen LogP contribution in [0.1, 0.15) is 5.56 Å². The monoisotopic (exact) mass is 275 g/mol. The van der Waals surface area contributed by atoms with Gasteiger partial charge in [-0.05, 0) is 17.7 Å². The molecule has 0 amide bonds. The van der Waals surface area contributed by atoms with Crippen LogP contribution in [0.25, 0.3) is 6.08 Å². The Labute approximate surface area is 101 Å². The smallest absolute Gasteiger partial charge is 0.186 e. The quantitative estimate of drug-likeness (QED) is 0.818. The topological polar surface area (TPSA) is 94.3 Å². The van der Waals surface area contributed by atoms with Crippen molar-refractivity contribution in [2.24, 2.45) is 0 Å². The fourth-order valence-electron chi connectivity index (χ4n) is 1.26. The molecular formula is C10H13NO4S2. The third-order valence-electron chi connectivity index (χ3n) is 2.00. The summed E-state index contributed by atoms with van der Waals surface area (Å²) in [7, 11) is -7.64. The lowest BCUT2D eigenvalue weighted by molar-refractivity contribution is 0.601. The van der Waals surface area contributed by atoms with Crippen LogP contribution in [0.3, 0.4) is 0 Å². The number of benzene rings is 1. The zero-order valence-electron chi connectivity index (χ0n) is 9.41. The van der Waals surface area contributed by atoms with Gasteiger partial charge in [0.05, 0.1) is 0 Å². The third kappa shape index (κ3) is 3.57. The standard InChI is InChI=1S/C10H13NO4S2/c1-16(12,13)10(17(2,14)15)7-8-5-3-4-6-9(8)11/h3-7H,11H2,1-2H3. The van der Waals surface area contributed by atoms with Gasteiger partial charge in [0.1, 0.15) is 0 Å². The lowest BCUT2D eigenvalue weighted by Crippen LogP contribution is -2.11. The molecule has 7 heteroatoms. The van der Waals surface area contributed by atoms with E-state index in [4.69, 9.17) is 5.73 Å². The van der Waals surface area contributed by atoms with Crippen molar-refractivity contribution < 1.29 is 16.8 Å². The lowest BCUT2D eigenvalue weighted by Gasteiger charge is -2.04. The van der Waals surface area contributed by atoms with Crippen molar-refractivity contribution in [3.63, 3.8) is 0 Å². The molecule has 0 aliphatic carbocycles. The number of para-hydroxylation sites is 1. The molecule has 0 aliphatic heterocycles. The molecule has 0 aromatic heterocycles. The van der Waals surface area contributed by atoms with E-state index in [1.165, 1.54) is 0 Å². The minimum Gasteiger partial charge on any atom is -0.398 e. The van der Waals surface area contributed by atoms with Crippen molar-refractivity contribution in [1.82, 2.24) is 0 Å². The fraction of sp³-hybridized carbons (Fsp3) is 0.200. The molecule has 94 valence electrons. The molecule has 1 aromatic rings. The number of sulfone groups is 2. The second kappa shape index (κ2) is 4.50. The van der Waals surface area contributed by atoms with Gasteiger partial charge in [-0.1, -0.05) is 18.2 Å². The summed E-state index contributed by atoms with van der Waals surface area (Å²) in [5, 5.41) is 0. The van der Waals surface area contributed by atoms with Crippen LogP contribution < -0.4 is 5.73 Å². The van der Waals surface area contributed by atoms with E-state index in [1.54, 1.807) is 24.3 Å². The second-order valence-electron chi connectivity index (χ2n) is 3.64. The molecule has 17 heavy (non-hydrogen) atoms. The number of nitrogen functional groups attached to an aromatic ring is 1. The average molecular weight is 275 g/mol. The Kier molecular flexibility index (Phi) is 3.63. The molecule has 0 spiro atoms. The molecule has 0 saturated heterocycles. The van der Waals surface area contributed by atoms with Crippen molar-refractivity contribution in [2.45, 2.75) is 0 Å². The van der Waals surface area contributed by atoms with Crippen LogP contribution in [0, 0.1) is 0 Å². The Hall–Kier alpha value is -1.34. The molecule has 1 rings (SSSR count). The van der Waals surface area contributed by atoms with Crippen LogP contribution in [-0.2, 0) is 19.7 Å². The second-order valence-corrected chi connectivity index (χ2v) is 7.86. The summed E-state index contributed by atoms with van der Waals surface area (Å²) in [5.41, 5.74) is 6.30. The molecule has 5 nitrogen and oxygen atoms in total.